The van der Waals surface area contributed by atoms with Crippen molar-refractivity contribution in [1.82, 2.24) is 0 Å². The van der Waals surface area contributed by atoms with Crippen molar-refractivity contribution >= 4 is 0 Å². The predicted octanol–water partition coefficient (Wildman–Crippen LogP) is -2.94. The molecule has 0 aromatic heterocycles. The molecule has 0 saturated carbocycles. The summed E-state index contributed by atoms with van der Waals surface area (Å²) in [6, 6.07) is 0. The standard InChI is InChI=1S/BrHO3.Pt/c2-1(3)4;/h2H;/q;+2. The zero-order valence-corrected chi connectivity index (χ0v) is 5.82. The molecule has 0 aliphatic rings. The summed E-state index contributed by atoms with van der Waals surface area (Å²) < 4.78 is 24.3. The van der Waals surface area contributed by atoms with Crippen LogP contribution in [0, 0.1) is 14.8 Å². The maximum absolute atomic E-state index is 8.63. The summed E-state index contributed by atoms with van der Waals surface area (Å²) in [6.07, 6.45) is 0. The second kappa shape index (κ2) is 5.05. The molecule has 3 nitrogen and oxygen atoms in total. The van der Waals surface area contributed by atoms with E-state index in [0.29, 0.717) is 0 Å². The average Bonchev–Trinajstić information content (AvgIpc) is 0.811. The Morgan fingerprint density at radius 1 is 1.40 bits per heavy atom. The summed E-state index contributed by atoms with van der Waals surface area (Å²) in [5.41, 5.74) is 0. The fraction of sp³-hybridized carbons (Fsp3) is 0. The van der Waals surface area contributed by atoms with Gasteiger partial charge >= 0.3 is 35.9 Å². The molecule has 0 aliphatic heterocycles. The second-order valence-electron chi connectivity index (χ2n) is 0.201. The van der Waals surface area contributed by atoms with Gasteiger partial charge in [-0.2, -0.15) is 0 Å². The van der Waals surface area contributed by atoms with E-state index in [4.69, 9.17) is 12.6 Å². The minimum absolute atomic E-state index is 0. The van der Waals surface area contributed by atoms with Crippen LogP contribution in [0.15, 0.2) is 0 Å². The maximum Gasteiger partial charge on any atom is 2.00 e. The molecule has 0 saturated heterocycles. The van der Waals surface area contributed by atoms with Gasteiger partial charge in [0, 0.05) is 0 Å². The third-order valence-electron chi connectivity index (χ3n) is 0. The molecule has 0 aliphatic carbocycles. The quantitative estimate of drug-likeness (QED) is 0.519. The monoisotopic (exact) mass is 323 g/mol. The topological polar surface area (TPSA) is 66.3 Å². The van der Waals surface area contributed by atoms with Gasteiger partial charge < -0.3 is 8.40 Å². The fourth-order valence-electron chi connectivity index (χ4n) is 0. The average molecular weight is 324 g/mol. The van der Waals surface area contributed by atoms with Gasteiger partial charge in [-0.1, -0.05) is 0 Å². The van der Waals surface area contributed by atoms with Crippen LogP contribution in [0.3, 0.4) is 0 Å². The van der Waals surface area contributed by atoms with Crippen LogP contribution in [0.4, 0.5) is 0 Å². The van der Waals surface area contributed by atoms with E-state index in [0.717, 1.165) is 0 Å². The molecular weight excluding hydrogens is 323 g/mol. The van der Waals surface area contributed by atoms with Crippen molar-refractivity contribution in [1.29, 1.82) is 0 Å². The Balaban J connectivity index is 0. The van der Waals surface area contributed by atoms with Gasteiger partial charge in [0.05, 0.1) is 0 Å². The summed E-state index contributed by atoms with van der Waals surface area (Å²) in [5, 5.41) is 0. The molecule has 0 aromatic carbocycles. The molecule has 0 rings (SSSR count). The molecule has 0 bridgehead atoms. The third-order valence-corrected chi connectivity index (χ3v) is 0. The second-order valence-corrected chi connectivity index (χ2v) is 1.04. The first kappa shape index (κ1) is 9.41. The molecule has 0 heterocycles. The van der Waals surface area contributed by atoms with Crippen LogP contribution in [-0.2, 0) is 21.1 Å². The zero-order valence-electron chi connectivity index (χ0n) is 1.96. The number of hydrogen-bond acceptors (Lipinski definition) is 3. The van der Waals surface area contributed by atoms with Gasteiger partial charge in [0.2, 0.25) is 0 Å². The van der Waals surface area contributed by atoms with Crippen molar-refractivity contribution < 1.29 is 48.5 Å². The van der Waals surface area contributed by atoms with E-state index in [9.17, 15) is 0 Å². The minimum atomic E-state index is -3.40. The Hall–Kier alpha value is 1.05. The van der Waals surface area contributed by atoms with E-state index >= 15 is 0 Å². The van der Waals surface area contributed by atoms with Gasteiger partial charge in [0.15, 0.2) is 0 Å². The van der Waals surface area contributed by atoms with Crippen LogP contribution in [0.2, 0.25) is 0 Å². The smallest absolute Gasteiger partial charge is 0.372 e. The molecular formula is HBrO3Pt+2. The Bertz CT molecular complexity index is 11.6. The maximum atomic E-state index is 8.63. The molecule has 0 aromatic rings. The molecule has 34 valence electrons. The van der Waals surface area contributed by atoms with Crippen molar-refractivity contribution in [2.45, 2.75) is 0 Å². The molecule has 5 heteroatoms. The van der Waals surface area contributed by atoms with E-state index in [2.05, 4.69) is 0 Å². The van der Waals surface area contributed by atoms with Crippen molar-refractivity contribution in [3.63, 3.8) is 0 Å². The van der Waals surface area contributed by atoms with Gasteiger partial charge in [-0.25, -0.2) is 0 Å². The molecule has 0 radical (unpaired) electrons. The van der Waals surface area contributed by atoms with E-state index < -0.39 is 14.8 Å². The van der Waals surface area contributed by atoms with Crippen molar-refractivity contribution in [2.24, 2.45) is 0 Å². The van der Waals surface area contributed by atoms with Crippen molar-refractivity contribution in [3.05, 3.63) is 0 Å². The Labute approximate surface area is 48.7 Å². The molecule has 0 unspecified atom stereocenters. The summed E-state index contributed by atoms with van der Waals surface area (Å²) in [6.45, 7) is 0. The Morgan fingerprint density at radius 2 is 1.40 bits per heavy atom. The van der Waals surface area contributed by atoms with E-state index in [-0.39, 0.29) is 21.1 Å². The fourth-order valence-corrected chi connectivity index (χ4v) is 0. The molecule has 0 atom stereocenters. The predicted molar refractivity (Wildman–Crippen MR) is 2.22 cm³/mol. The SMILES string of the molecule is [O-][Br+2]([O-])O.[Pt+2]. The molecule has 0 fully saturated rings. The molecule has 1 N–H and O–H groups in total. The summed E-state index contributed by atoms with van der Waals surface area (Å²) in [7, 11) is 0. The summed E-state index contributed by atoms with van der Waals surface area (Å²) in [5.74, 6) is 0. The largest absolute Gasteiger partial charge is 2.00 e. The molecule has 0 spiro atoms. The third kappa shape index (κ3) is 42.7. The zero-order chi connectivity index (χ0) is 3.58. The van der Waals surface area contributed by atoms with Crippen LogP contribution in [0.5, 0.6) is 0 Å². The molecule has 5 heavy (non-hydrogen) atoms. The molecule has 0 amide bonds. The van der Waals surface area contributed by atoms with Crippen LogP contribution in [-0.4, -0.2) is 4.20 Å². The van der Waals surface area contributed by atoms with Crippen LogP contribution in [0.25, 0.3) is 0 Å². The van der Waals surface area contributed by atoms with Gasteiger partial charge in [0.1, 0.15) is 0 Å². The van der Waals surface area contributed by atoms with E-state index in [1.54, 1.807) is 0 Å². The van der Waals surface area contributed by atoms with Gasteiger partial charge in [0.25, 0.3) is 0 Å². The van der Waals surface area contributed by atoms with Gasteiger partial charge in [-0.15, -0.1) is 0 Å². The normalized spacial score (nSPS) is 7.20. The summed E-state index contributed by atoms with van der Waals surface area (Å²) >= 11 is -3.40. The first-order valence-electron chi connectivity index (χ1n) is 0.478. The number of halogens is 1. The van der Waals surface area contributed by atoms with Gasteiger partial charge in [-0.05, 0) is 4.20 Å². The first-order valence-corrected chi connectivity index (χ1v) is 2.48. The number of rotatable bonds is 0. The van der Waals surface area contributed by atoms with Crippen LogP contribution >= 0.6 is 0 Å². The van der Waals surface area contributed by atoms with Crippen LogP contribution in [0.1, 0.15) is 0 Å². The van der Waals surface area contributed by atoms with Gasteiger partial charge in [-0.3, -0.25) is 0 Å². The van der Waals surface area contributed by atoms with E-state index in [1.165, 1.54) is 0 Å². The van der Waals surface area contributed by atoms with E-state index in [1.807, 2.05) is 0 Å². The van der Waals surface area contributed by atoms with Crippen molar-refractivity contribution in [2.75, 3.05) is 0 Å². The van der Waals surface area contributed by atoms with Crippen LogP contribution < -0.4 is 8.40 Å². The summed E-state index contributed by atoms with van der Waals surface area (Å²) in [4.78, 5) is 0. The number of hydrogen-bond donors (Lipinski definition) is 1. The Kier molecular flexibility index (Phi) is 9.50. The first-order chi connectivity index (χ1) is 1.73. The Morgan fingerprint density at radius 3 is 1.40 bits per heavy atom. The minimum Gasteiger partial charge on any atom is -0.372 e. The van der Waals surface area contributed by atoms with Crippen molar-refractivity contribution in [3.8, 4) is 0 Å².